The van der Waals surface area contributed by atoms with Crippen molar-refractivity contribution >= 4 is 77.1 Å². The minimum Gasteiger partial charge on any atom is -0.456 e. The quantitative estimate of drug-likeness (QED) is 0.192. The number of para-hydroxylation sites is 2. The van der Waals surface area contributed by atoms with Gasteiger partial charge >= 0.3 is 0 Å². The number of benzene rings is 7. The first-order valence-electron chi connectivity index (χ1n) is 22.4. The molecular weight excluding hydrogens is 757 g/mol. The molecule has 11 rings (SSSR count). The Morgan fingerprint density at radius 1 is 0.500 bits per heavy atom. The summed E-state index contributed by atoms with van der Waals surface area (Å²) < 4.78 is 16.0. The van der Waals surface area contributed by atoms with Crippen molar-refractivity contribution in [3.63, 3.8) is 0 Å². The molecule has 1 N–H and O–H groups in total. The van der Waals surface area contributed by atoms with Crippen molar-refractivity contribution < 1.29 is 8.83 Å². The molecule has 0 unspecified atom stereocenters. The van der Waals surface area contributed by atoms with Crippen LogP contribution in [-0.2, 0) is 21.7 Å². The topological polar surface area (TPSA) is 43.2 Å². The summed E-state index contributed by atoms with van der Waals surface area (Å²) in [4.78, 5) is 0. The van der Waals surface area contributed by atoms with E-state index in [2.05, 4.69) is 200 Å². The molecule has 0 radical (unpaired) electrons. The highest BCUT2D eigenvalue weighted by molar-refractivity contribution is 6.28. The zero-order valence-corrected chi connectivity index (χ0v) is 37.8. The molecule has 0 fully saturated rings. The number of nitrogens with one attached hydrogen (secondary N) is 1. The van der Waals surface area contributed by atoms with Crippen LogP contribution in [0, 0.1) is 0 Å². The third-order valence-electron chi connectivity index (χ3n) is 14.2. The van der Waals surface area contributed by atoms with Gasteiger partial charge in [-0.15, -0.1) is 0 Å². The summed E-state index contributed by atoms with van der Waals surface area (Å²) in [6.45, 7) is 23.4. The van der Waals surface area contributed by atoms with Crippen LogP contribution in [0.5, 0.6) is 0 Å². The van der Waals surface area contributed by atoms with Gasteiger partial charge in [-0.25, -0.2) is 0 Å². The molecule has 1 aliphatic rings. The van der Waals surface area contributed by atoms with E-state index in [1.165, 1.54) is 33.2 Å². The summed E-state index contributed by atoms with van der Waals surface area (Å²) in [5.74, 6) is 0. The molecule has 0 bridgehead atoms. The van der Waals surface area contributed by atoms with Gasteiger partial charge in [0.15, 0.2) is 0 Å². The van der Waals surface area contributed by atoms with Gasteiger partial charge in [-0.1, -0.05) is 124 Å². The molecule has 0 amide bonds. The van der Waals surface area contributed by atoms with Crippen LogP contribution in [-0.4, -0.2) is 4.57 Å². The van der Waals surface area contributed by atoms with Gasteiger partial charge in [0.25, 0.3) is 0 Å². The van der Waals surface area contributed by atoms with Crippen molar-refractivity contribution in [2.45, 2.75) is 104 Å². The minimum absolute atomic E-state index is 0.00913. The van der Waals surface area contributed by atoms with Gasteiger partial charge in [0, 0.05) is 49.6 Å². The van der Waals surface area contributed by atoms with Gasteiger partial charge in [0.05, 0.1) is 16.4 Å². The molecule has 0 saturated heterocycles. The van der Waals surface area contributed by atoms with Crippen LogP contribution in [0.2, 0.25) is 0 Å². The molecule has 0 aliphatic heterocycles. The lowest BCUT2D eigenvalue weighted by Gasteiger charge is -2.42. The molecule has 3 aromatic heterocycles. The van der Waals surface area contributed by atoms with E-state index in [-0.39, 0.29) is 21.7 Å². The van der Waals surface area contributed by atoms with Crippen LogP contribution in [0.15, 0.2) is 136 Å². The van der Waals surface area contributed by atoms with E-state index in [0.29, 0.717) is 0 Å². The predicted octanol–water partition coefficient (Wildman–Crippen LogP) is 16.9. The van der Waals surface area contributed by atoms with Crippen LogP contribution in [0.4, 0.5) is 11.4 Å². The number of rotatable bonds is 4. The molecule has 10 aromatic rings. The van der Waals surface area contributed by atoms with Gasteiger partial charge in [-0.3, -0.25) is 0 Å². The maximum absolute atomic E-state index is 7.17. The van der Waals surface area contributed by atoms with Gasteiger partial charge in [0.2, 0.25) is 0 Å². The molecule has 1 aliphatic carbocycles. The fourth-order valence-corrected chi connectivity index (χ4v) is 10.3. The average Bonchev–Trinajstić information content (AvgIpc) is 3.91. The van der Waals surface area contributed by atoms with E-state index in [9.17, 15) is 0 Å². The van der Waals surface area contributed by atoms with Crippen molar-refractivity contribution in [1.82, 2.24) is 4.57 Å². The number of hydrogen-bond acceptors (Lipinski definition) is 3. The summed E-state index contributed by atoms with van der Waals surface area (Å²) in [6.07, 6.45) is 2.27. The number of furan rings is 2. The molecule has 7 aromatic carbocycles. The first-order chi connectivity index (χ1) is 29.5. The molecule has 310 valence electrons. The highest BCUT2D eigenvalue weighted by atomic mass is 16.3. The van der Waals surface area contributed by atoms with Crippen molar-refractivity contribution in [1.29, 1.82) is 0 Å². The first kappa shape index (κ1) is 38.6. The van der Waals surface area contributed by atoms with E-state index in [0.717, 1.165) is 95.8 Å². The van der Waals surface area contributed by atoms with Gasteiger partial charge < -0.3 is 18.7 Å². The minimum atomic E-state index is -0.0421. The fourth-order valence-electron chi connectivity index (χ4n) is 10.3. The molecule has 0 spiro atoms. The van der Waals surface area contributed by atoms with E-state index >= 15 is 0 Å². The SMILES string of the molecule is CC(C)(C)c1ccc(Nc2cc3c(cc2-c2cc4c(c5cc(C(C)(C)C)ccc5n4-c4ccc5oc6ccccc6c5c4)c4oc5ccccc5c24)C(C)(C)CCC3(C)C)cc1. The Kier molecular flexibility index (Phi) is 8.18. The maximum atomic E-state index is 7.17. The van der Waals surface area contributed by atoms with Crippen LogP contribution in [0.25, 0.3) is 82.5 Å². The summed E-state index contributed by atoms with van der Waals surface area (Å²) in [7, 11) is 0. The molecule has 0 saturated carbocycles. The average molecular weight is 813 g/mol. The summed E-state index contributed by atoms with van der Waals surface area (Å²) in [5.41, 5.74) is 17.0. The number of nitrogens with zero attached hydrogens (tertiary/aromatic N) is 1. The van der Waals surface area contributed by atoms with Crippen LogP contribution >= 0.6 is 0 Å². The summed E-state index contributed by atoms with van der Waals surface area (Å²) in [6, 6.07) is 47.1. The second kappa shape index (κ2) is 13.1. The summed E-state index contributed by atoms with van der Waals surface area (Å²) in [5, 5.41) is 10.8. The van der Waals surface area contributed by atoms with Crippen LogP contribution in [0.3, 0.4) is 0 Å². The largest absolute Gasteiger partial charge is 0.456 e. The standard InChI is InChI=1S/C58H56N2O2/c1-55(2,3)34-19-22-36(23-20-34)59-46-33-45-44(57(7,8)27-28-58(45,9)10)31-40(46)42-32-48-53(54-52(42)39-16-12-14-18-50(39)62-54)43-29-35(56(4,5)6)21-25-47(43)60(48)37-24-26-51-41(30-37)38-15-11-13-17-49(38)61-51/h11-26,29-33,59H,27-28H2,1-10H3. The predicted molar refractivity (Wildman–Crippen MR) is 263 cm³/mol. The first-order valence-corrected chi connectivity index (χ1v) is 22.4. The number of aromatic nitrogens is 1. The second-order valence-electron chi connectivity index (χ2n) is 21.4. The Morgan fingerprint density at radius 3 is 1.81 bits per heavy atom. The lowest BCUT2D eigenvalue weighted by molar-refractivity contribution is 0.332. The van der Waals surface area contributed by atoms with Crippen molar-refractivity contribution in [3.8, 4) is 16.8 Å². The molecule has 4 nitrogen and oxygen atoms in total. The van der Waals surface area contributed by atoms with Crippen molar-refractivity contribution in [2.24, 2.45) is 0 Å². The van der Waals surface area contributed by atoms with Gasteiger partial charge in [0.1, 0.15) is 22.3 Å². The zero-order valence-electron chi connectivity index (χ0n) is 37.8. The highest BCUT2D eigenvalue weighted by Gasteiger charge is 2.38. The third-order valence-corrected chi connectivity index (χ3v) is 14.2. The zero-order chi connectivity index (χ0) is 43.1. The molecule has 62 heavy (non-hydrogen) atoms. The maximum Gasteiger partial charge on any atom is 0.146 e. The van der Waals surface area contributed by atoms with Gasteiger partial charge in [-0.05, 0) is 135 Å². The van der Waals surface area contributed by atoms with Crippen LogP contribution in [0.1, 0.15) is 104 Å². The van der Waals surface area contributed by atoms with Crippen molar-refractivity contribution in [3.05, 3.63) is 150 Å². The molecular formula is C58H56N2O2. The number of fused-ring (bicyclic) bond motifs is 11. The molecule has 0 atom stereocenters. The summed E-state index contributed by atoms with van der Waals surface area (Å²) >= 11 is 0. The van der Waals surface area contributed by atoms with E-state index in [1.807, 2.05) is 6.07 Å². The van der Waals surface area contributed by atoms with E-state index < -0.39 is 0 Å². The highest BCUT2D eigenvalue weighted by Crippen LogP contribution is 2.52. The van der Waals surface area contributed by atoms with Gasteiger partial charge in [-0.2, -0.15) is 0 Å². The number of hydrogen-bond donors (Lipinski definition) is 1. The molecule has 4 heteroatoms. The normalized spacial score (nSPS) is 15.4. The van der Waals surface area contributed by atoms with E-state index in [4.69, 9.17) is 8.83 Å². The lowest BCUT2D eigenvalue weighted by atomic mass is 9.62. The lowest BCUT2D eigenvalue weighted by Crippen LogP contribution is -2.34. The Balaban J connectivity index is 1.28. The monoisotopic (exact) mass is 812 g/mol. The third kappa shape index (κ3) is 5.93. The van der Waals surface area contributed by atoms with Crippen LogP contribution < -0.4 is 5.32 Å². The second-order valence-corrected chi connectivity index (χ2v) is 21.4. The Hall–Kier alpha value is -6.26. The Bertz CT molecular complexity index is 3440. The number of anilines is 2. The Labute approximate surface area is 364 Å². The fraction of sp³-hybridized carbons (Fsp3) is 0.276. The van der Waals surface area contributed by atoms with E-state index in [1.54, 1.807) is 0 Å². The van der Waals surface area contributed by atoms with Crippen molar-refractivity contribution in [2.75, 3.05) is 5.32 Å². The molecule has 3 heterocycles. The Morgan fingerprint density at radius 2 is 1.11 bits per heavy atom. The smallest absolute Gasteiger partial charge is 0.146 e.